The number of anilines is 1. The van der Waals surface area contributed by atoms with Gasteiger partial charge in [-0.3, -0.25) is 9.48 Å². The number of thiophene rings is 1. The first-order valence-corrected chi connectivity index (χ1v) is 12.0. The summed E-state index contributed by atoms with van der Waals surface area (Å²) < 4.78 is 7.19. The summed E-state index contributed by atoms with van der Waals surface area (Å²) in [5.41, 5.74) is 4.32. The van der Waals surface area contributed by atoms with Crippen LogP contribution >= 0.6 is 11.3 Å². The number of hydrogen-bond acceptors (Lipinski definition) is 5. The Balaban J connectivity index is 1.41. The van der Waals surface area contributed by atoms with Gasteiger partial charge in [0.1, 0.15) is 16.3 Å². The summed E-state index contributed by atoms with van der Waals surface area (Å²) in [7, 11) is 3.57. The third-order valence-corrected chi connectivity index (χ3v) is 6.92. The monoisotopic (exact) mass is 462 g/mol. The number of rotatable bonds is 9. The Morgan fingerprint density at radius 2 is 2.00 bits per heavy atom. The van der Waals surface area contributed by atoms with Gasteiger partial charge in [0.2, 0.25) is 0 Å². The number of fused-ring (bicyclic) bond motifs is 1. The van der Waals surface area contributed by atoms with E-state index in [0.717, 1.165) is 46.7 Å². The van der Waals surface area contributed by atoms with E-state index in [1.54, 1.807) is 7.11 Å². The summed E-state index contributed by atoms with van der Waals surface area (Å²) in [4.78, 5) is 16.9. The van der Waals surface area contributed by atoms with Crippen LogP contribution in [0.2, 0.25) is 0 Å². The van der Waals surface area contributed by atoms with E-state index in [1.165, 1.54) is 22.6 Å². The Morgan fingerprint density at radius 1 is 1.18 bits per heavy atom. The largest absolute Gasteiger partial charge is 0.497 e. The topological polar surface area (TPSA) is 59.4 Å². The Kier molecular flexibility index (Phi) is 6.99. The quantitative estimate of drug-likeness (QED) is 0.345. The molecule has 6 nitrogen and oxygen atoms in total. The van der Waals surface area contributed by atoms with Crippen LogP contribution in [-0.4, -0.2) is 42.4 Å². The van der Waals surface area contributed by atoms with Gasteiger partial charge in [-0.1, -0.05) is 24.3 Å². The molecule has 0 unspecified atom stereocenters. The van der Waals surface area contributed by atoms with Crippen LogP contribution in [0.4, 0.5) is 5.69 Å². The van der Waals surface area contributed by atoms with Gasteiger partial charge in [0.05, 0.1) is 12.0 Å². The van der Waals surface area contributed by atoms with Crippen LogP contribution in [0.1, 0.15) is 28.6 Å². The van der Waals surface area contributed by atoms with Crippen LogP contribution in [0, 0.1) is 6.92 Å². The van der Waals surface area contributed by atoms with Crippen LogP contribution in [-0.2, 0) is 7.05 Å². The second kappa shape index (κ2) is 10.1. The van der Waals surface area contributed by atoms with Gasteiger partial charge in [0.25, 0.3) is 5.91 Å². The molecule has 0 aliphatic rings. The van der Waals surface area contributed by atoms with Crippen molar-refractivity contribution >= 4 is 33.1 Å². The van der Waals surface area contributed by atoms with Gasteiger partial charge in [-0.15, -0.1) is 11.3 Å². The molecule has 2 aromatic heterocycles. The summed E-state index contributed by atoms with van der Waals surface area (Å²) in [5.74, 6) is 0.748. The fraction of sp³-hybridized carbons (Fsp3) is 0.308. The highest BCUT2D eigenvalue weighted by Gasteiger charge is 2.18. The molecule has 0 fully saturated rings. The van der Waals surface area contributed by atoms with Crippen molar-refractivity contribution in [2.75, 3.05) is 31.6 Å². The van der Waals surface area contributed by atoms with Crippen molar-refractivity contribution in [1.29, 1.82) is 0 Å². The average molecular weight is 463 g/mol. The molecule has 2 heterocycles. The normalized spacial score (nSPS) is 11.0. The highest BCUT2D eigenvalue weighted by atomic mass is 32.1. The maximum absolute atomic E-state index is 12.8. The second-order valence-electron chi connectivity index (χ2n) is 8.06. The Bertz CT molecular complexity index is 1260. The summed E-state index contributed by atoms with van der Waals surface area (Å²) >= 11 is 1.47. The predicted octanol–water partition coefficient (Wildman–Crippen LogP) is 5.27. The lowest BCUT2D eigenvalue weighted by Crippen LogP contribution is -2.29. The zero-order valence-electron chi connectivity index (χ0n) is 19.6. The molecule has 172 valence electrons. The van der Waals surface area contributed by atoms with Gasteiger partial charge in [-0.05, 0) is 56.2 Å². The maximum atomic E-state index is 12.8. The Hall–Kier alpha value is -3.32. The van der Waals surface area contributed by atoms with Crippen LogP contribution < -0.4 is 15.0 Å². The van der Waals surface area contributed by atoms with E-state index in [4.69, 9.17) is 4.74 Å². The van der Waals surface area contributed by atoms with Crippen LogP contribution in [0.25, 0.3) is 21.5 Å². The molecular formula is C26H30N4O2S. The first kappa shape index (κ1) is 22.9. The van der Waals surface area contributed by atoms with Gasteiger partial charge >= 0.3 is 0 Å². The van der Waals surface area contributed by atoms with Crippen LogP contribution in [0.15, 0.2) is 54.6 Å². The van der Waals surface area contributed by atoms with Crippen molar-refractivity contribution in [3.63, 3.8) is 0 Å². The second-order valence-corrected chi connectivity index (χ2v) is 9.09. The molecule has 1 amide bonds. The van der Waals surface area contributed by atoms with E-state index in [9.17, 15) is 4.79 Å². The smallest absolute Gasteiger partial charge is 0.261 e. The molecule has 0 saturated heterocycles. The molecule has 0 bridgehead atoms. The SMILES string of the molecule is CCN(CCCNC(=O)c1cc2c(-c3cccc(OC)c3)nn(C)c2s1)c1cccc(C)c1. The fourth-order valence-corrected chi connectivity index (χ4v) is 4.98. The number of amides is 1. The zero-order chi connectivity index (χ0) is 23.4. The van der Waals surface area contributed by atoms with E-state index in [-0.39, 0.29) is 5.91 Å². The van der Waals surface area contributed by atoms with Gasteiger partial charge in [0.15, 0.2) is 0 Å². The number of carbonyl (C=O) groups excluding carboxylic acids is 1. The zero-order valence-corrected chi connectivity index (χ0v) is 20.4. The number of aromatic nitrogens is 2. The molecule has 1 N–H and O–H groups in total. The number of methoxy groups -OCH3 is 1. The van der Waals surface area contributed by atoms with Crippen molar-refractivity contribution in [1.82, 2.24) is 15.1 Å². The van der Waals surface area contributed by atoms with Gasteiger partial charge in [0, 0.05) is 43.3 Å². The van der Waals surface area contributed by atoms with Crippen molar-refractivity contribution in [3.8, 4) is 17.0 Å². The third kappa shape index (κ3) is 5.03. The lowest BCUT2D eigenvalue weighted by atomic mass is 10.1. The summed E-state index contributed by atoms with van der Waals surface area (Å²) in [5, 5.41) is 8.74. The van der Waals surface area contributed by atoms with E-state index in [2.05, 4.69) is 53.4 Å². The highest BCUT2D eigenvalue weighted by Crippen LogP contribution is 2.34. The number of nitrogens with zero attached hydrogens (tertiary/aromatic N) is 3. The first-order valence-electron chi connectivity index (χ1n) is 11.2. The molecule has 0 aliphatic carbocycles. The number of hydrogen-bond donors (Lipinski definition) is 1. The minimum Gasteiger partial charge on any atom is -0.497 e. The molecule has 33 heavy (non-hydrogen) atoms. The molecule has 0 atom stereocenters. The number of aryl methyl sites for hydroxylation is 2. The van der Waals surface area contributed by atoms with Crippen molar-refractivity contribution in [3.05, 3.63) is 65.0 Å². The summed E-state index contributed by atoms with van der Waals surface area (Å²) in [6.45, 7) is 6.74. The number of carbonyl (C=O) groups is 1. The minimum absolute atomic E-state index is 0.0357. The molecule has 7 heteroatoms. The van der Waals surface area contributed by atoms with Crippen molar-refractivity contribution in [2.45, 2.75) is 20.3 Å². The predicted molar refractivity (Wildman–Crippen MR) is 137 cm³/mol. The van der Waals surface area contributed by atoms with Crippen molar-refractivity contribution < 1.29 is 9.53 Å². The Labute approximate surface area is 198 Å². The maximum Gasteiger partial charge on any atom is 0.261 e. The Morgan fingerprint density at radius 3 is 2.76 bits per heavy atom. The standard InChI is InChI=1S/C26H30N4O2S/c1-5-30(20-11-6-9-18(2)15-20)14-8-13-27-25(31)23-17-22-24(28-29(3)26(22)33-23)19-10-7-12-21(16-19)32-4/h6-7,9-12,15-17H,5,8,13-14H2,1-4H3,(H,27,31). The molecule has 2 aromatic carbocycles. The molecule has 0 spiro atoms. The third-order valence-electron chi connectivity index (χ3n) is 5.72. The molecule has 0 radical (unpaired) electrons. The molecule has 0 aliphatic heterocycles. The minimum atomic E-state index is -0.0357. The first-order chi connectivity index (χ1) is 16.0. The van der Waals surface area contributed by atoms with Crippen LogP contribution in [0.5, 0.6) is 5.75 Å². The number of ether oxygens (including phenoxy) is 1. The van der Waals surface area contributed by atoms with Crippen molar-refractivity contribution in [2.24, 2.45) is 7.05 Å². The highest BCUT2D eigenvalue weighted by molar-refractivity contribution is 7.20. The average Bonchev–Trinajstić information content (AvgIpc) is 3.39. The lowest BCUT2D eigenvalue weighted by Gasteiger charge is -2.23. The van der Waals surface area contributed by atoms with E-state index in [1.807, 2.05) is 42.1 Å². The van der Waals surface area contributed by atoms with Crippen LogP contribution in [0.3, 0.4) is 0 Å². The van der Waals surface area contributed by atoms with Gasteiger partial charge in [-0.25, -0.2) is 0 Å². The molecule has 4 aromatic rings. The van der Waals surface area contributed by atoms with E-state index < -0.39 is 0 Å². The number of nitrogens with one attached hydrogen (secondary N) is 1. The number of benzene rings is 2. The molecular weight excluding hydrogens is 432 g/mol. The van der Waals surface area contributed by atoms with Gasteiger partial charge < -0.3 is 15.0 Å². The lowest BCUT2D eigenvalue weighted by molar-refractivity contribution is 0.0957. The van der Waals surface area contributed by atoms with E-state index >= 15 is 0 Å². The molecule has 0 saturated carbocycles. The fourth-order valence-electron chi connectivity index (χ4n) is 3.99. The van der Waals surface area contributed by atoms with Gasteiger partial charge in [-0.2, -0.15) is 5.10 Å². The summed E-state index contributed by atoms with van der Waals surface area (Å²) in [6, 6.07) is 18.3. The van der Waals surface area contributed by atoms with E-state index in [0.29, 0.717) is 11.4 Å². The molecule has 4 rings (SSSR count). The summed E-state index contributed by atoms with van der Waals surface area (Å²) in [6.07, 6.45) is 0.884.